The molecule has 1 amide bonds. The Hall–Kier alpha value is -6.01. The number of hydrogen-bond acceptors (Lipinski definition) is 10. The third-order valence-corrected chi connectivity index (χ3v) is 5.86. The van der Waals surface area contributed by atoms with Crippen molar-refractivity contribution in [2.75, 3.05) is 33.1 Å². The third kappa shape index (κ3) is 8.77. The van der Waals surface area contributed by atoms with Crippen LogP contribution in [0.5, 0.6) is 11.5 Å². The van der Waals surface area contributed by atoms with E-state index in [0.717, 1.165) is 4.68 Å². The van der Waals surface area contributed by atoms with E-state index < -0.39 is 36.3 Å². The van der Waals surface area contributed by atoms with E-state index in [1.54, 1.807) is 38.4 Å². The first kappa shape index (κ1) is 34.5. The van der Waals surface area contributed by atoms with Gasteiger partial charge in [0.05, 0.1) is 13.3 Å². The molecule has 0 spiro atoms. The number of carbonyl (C=O) groups excluding carboxylic acids is 1. The Kier molecular flexibility index (Phi) is 11.0. The zero-order chi connectivity index (χ0) is 34.2. The zero-order valence-corrected chi connectivity index (χ0v) is 24.3. The number of carboxylic acids is 1. The van der Waals surface area contributed by atoms with Crippen molar-refractivity contribution in [3.05, 3.63) is 88.2 Å². The van der Waals surface area contributed by atoms with Gasteiger partial charge in [-0.1, -0.05) is 0 Å². The van der Waals surface area contributed by atoms with Crippen molar-refractivity contribution in [3.8, 4) is 17.3 Å². The predicted octanol–water partition coefficient (Wildman–Crippen LogP) is 2.08. The predicted molar refractivity (Wildman–Crippen MR) is 154 cm³/mol. The molecule has 244 valence electrons. The molecule has 0 aliphatic carbocycles. The van der Waals surface area contributed by atoms with Gasteiger partial charge < -0.3 is 30.5 Å². The maximum atomic E-state index is 15.9. The number of aromatic nitrogens is 5. The highest BCUT2D eigenvalue weighted by Gasteiger charge is 2.38. The number of hydrogen-bond donors (Lipinski definition) is 5. The molecule has 0 bridgehead atoms. The van der Waals surface area contributed by atoms with E-state index in [9.17, 15) is 22.8 Å². The molecule has 2 heterocycles. The highest BCUT2D eigenvalue weighted by Crippen LogP contribution is 2.35. The highest BCUT2D eigenvalue weighted by molar-refractivity contribution is 5.95. The molecule has 0 saturated heterocycles. The Morgan fingerprint density at radius 3 is 2.37 bits per heavy atom. The number of H-pyrrole nitrogens is 1. The van der Waals surface area contributed by atoms with Crippen LogP contribution in [0.25, 0.3) is 5.82 Å². The second-order valence-electron chi connectivity index (χ2n) is 9.27. The van der Waals surface area contributed by atoms with Crippen LogP contribution >= 0.6 is 0 Å². The van der Waals surface area contributed by atoms with Crippen LogP contribution < -0.4 is 26.2 Å². The molecular formula is C27H27F4N9O6. The lowest BCUT2D eigenvalue weighted by molar-refractivity contribution is -0.192. The summed E-state index contributed by atoms with van der Waals surface area (Å²) in [6, 6.07) is 8.21. The number of nitrogen functional groups attached to an aromatic ring is 1. The molecule has 0 saturated carbocycles. The van der Waals surface area contributed by atoms with E-state index in [4.69, 9.17) is 30.5 Å². The van der Waals surface area contributed by atoms with Gasteiger partial charge in [0.2, 0.25) is 0 Å². The number of anilines is 1. The number of rotatable bonds is 10. The van der Waals surface area contributed by atoms with E-state index in [2.05, 4.69) is 25.4 Å². The first-order chi connectivity index (χ1) is 21.6. The lowest BCUT2D eigenvalue weighted by Crippen LogP contribution is -2.27. The molecule has 1 unspecified atom stereocenters. The van der Waals surface area contributed by atoms with E-state index in [0.29, 0.717) is 11.3 Å². The highest BCUT2D eigenvalue weighted by atomic mass is 19.4. The van der Waals surface area contributed by atoms with Gasteiger partial charge in [0.25, 0.3) is 5.91 Å². The van der Waals surface area contributed by atoms with Crippen LogP contribution in [0.3, 0.4) is 0 Å². The van der Waals surface area contributed by atoms with Gasteiger partial charge in [0, 0.05) is 49.4 Å². The molecule has 0 radical (unpaired) electrons. The van der Waals surface area contributed by atoms with Crippen LogP contribution in [-0.4, -0.2) is 86.4 Å². The van der Waals surface area contributed by atoms with Gasteiger partial charge in [-0.15, -0.1) is 5.10 Å². The Morgan fingerprint density at radius 1 is 1.20 bits per heavy atom. The Labute approximate surface area is 257 Å². The van der Waals surface area contributed by atoms with Crippen molar-refractivity contribution in [1.29, 1.82) is 5.41 Å². The molecule has 2 aromatic heterocycles. The Balaban J connectivity index is 0.000000738. The fourth-order valence-corrected chi connectivity index (χ4v) is 3.53. The van der Waals surface area contributed by atoms with Crippen LogP contribution in [0.4, 0.5) is 23.2 Å². The fourth-order valence-electron chi connectivity index (χ4n) is 3.53. The molecule has 1 atom stereocenters. The molecular weight excluding hydrogens is 622 g/mol. The Bertz CT molecular complexity index is 1740. The first-order valence-corrected chi connectivity index (χ1v) is 12.8. The summed E-state index contributed by atoms with van der Waals surface area (Å²) in [5, 5.41) is 22.2. The topological polar surface area (TPSA) is 214 Å². The Morgan fingerprint density at radius 2 is 1.85 bits per heavy atom. The summed E-state index contributed by atoms with van der Waals surface area (Å²) in [5.74, 6) is -3.82. The van der Waals surface area contributed by atoms with Crippen molar-refractivity contribution >= 4 is 23.4 Å². The van der Waals surface area contributed by atoms with Crippen LogP contribution in [0, 0.1) is 11.2 Å². The van der Waals surface area contributed by atoms with Crippen LogP contribution in [0.15, 0.2) is 59.8 Å². The number of methoxy groups -OCH3 is 1. The van der Waals surface area contributed by atoms with Crippen molar-refractivity contribution in [3.63, 3.8) is 0 Å². The standard InChI is InChI=1S/C25H26FN9O4.C2HF3O2/c1-34(2)20(36)13-39-18-11-16(38-3)10-17(21(18)26)22(31-15-6-4-14(5-7-15)23(27)28)24-32-25(37)35(33-24)19-12-29-8-9-30-19;3-2(4,5)1(6)7/h4-12,22,31H,13H2,1-3H3,(H3,27,28)(H,32,33,37);(H,6,7). The monoisotopic (exact) mass is 649 g/mol. The summed E-state index contributed by atoms with van der Waals surface area (Å²) in [5.41, 5.74) is 5.94. The smallest absolute Gasteiger partial charge is 0.490 e. The van der Waals surface area contributed by atoms with E-state index in [1.165, 1.54) is 42.7 Å². The number of ether oxygens (including phenoxy) is 2. The molecule has 46 heavy (non-hydrogen) atoms. The minimum absolute atomic E-state index is 0.0114. The van der Waals surface area contributed by atoms with Gasteiger partial charge in [0.15, 0.2) is 29.8 Å². The molecule has 0 aliphatic heterocycles. The van der Waals surface area contributed by atoms with Crippen LogP contribution in [0.1, 0.15) is 23.0 Å². The second-order valence-corrected chi connectivity index (χ2v) is 9.27. The van der Waals surface area contributed by atoms with E-state index >= 15 is 4.39 Å². The largest absolute Gasteiger partial charge is 0.497 e. The minimum atomic E-state index is -5.08. The number of aromatic amines is 1. The fraction of sp³-hybridized carbons (Fsp3) is 0.222. The number of aliphatic carboxylic acids is 1. The average molecular weight is 650 g/mol. The van der Waals surface area contributed by atoms with Crippen molar-refractivity contribution in [2.24, 2.45) is 5.73 Å². The molecule has 4 aromatic rings. The number of nitrogens with zero attached hydrogens (tertiary/aromatic N) is 5. The number of alkyl halides is 3. The third-order valence-electron chi connectivity index (χ3n) is 5.86. The molecule has 6 N–H and O–H groups in total. The molecule has 4 rings (SSSR count). The molecule has 19 heteroatoms. The lowest BCUT2D eigenvalue weighted by Gasteiger charge is -2.21. The molecule has 2 aromatic carbocycles. The summed E-state index contributed by atoms with van der Waals surface area (Å²) in [4.78, 5) is 45.8. The van der Waals surface area contributed by atoms with Crippen LogP contribution in [0.2, 0.25) is 0 Å². The molecule has 15 nitrogen and oxygen atoms in total. The summed E-state index contributed by atoms with van der Waals surface area (Å²) >= 11 is 0. The van der Waals surface area contributed by atoms with E-state index in [1.807, 2.05) is 0 Å². The van der Waals surface area contributed by atoms with Gasteiger partial charge >= 0.3 is 17.8 Å². The number of nitrogens with one attached hydrogen (secondary N) is 3. The number of nitrogens with two attached hydrogens (primary N) is 1. The zero-order valence-electron chi connectivity index (χ0n) is 24.3. The van der Waals surface area contributed by atoms with E-state index in [-0.39, 0.29) is 40.4 Å². The number of likely N-dealkylation sites (N-methyl/N-ethyl adjacent to an activating group) is 1. The number of carboxylic acid groups (broad SMARTS) is 1. The van der Waals surface area contributed by atoms with Gasteiger partial charge in [0.1, 0.15) is 17.6 Å². The minimum Gasteiger partial charge on any atom is -0.497 e. The van der Waals surface area contributed by atoms with Crippen LogP contribution in [-0.2, 0) is 9.59 Å². The maximum absolute atomic E-state index is 15.9. The first-order valence-electron chi connectivity index (χ1n) is 12.8. The van der Waals surface area contributed by atoms with Gasteiger partial charge in [-0.05, 0) is 30.3 Å². The number of carbonyl (C=O) groups is 2. The summed E-state index contributed by atoms with van der Waals surface area (Å²) in [7, 11) is 4.51. The number of halogens is 4. The van der Waals surface area contributed by atoms with Crippen molar-refractivity contribution in [2.45, 2.75) is 12.2 Å². The van der Waals surface area contributed by atoms with Gasteiger partial charge in [-0.3, -0.25) is 20.2 Å². The molecule has 0 aliphatic rings. The van der Waals surface area contributed by atoms with Crippen molar-refractivity contribution in [1.82, 2.24) is 29.6 Å². The maximum Gasteiger partial charge on any atom is 0.490 e. The number of amides is 1. The summed E-state index contributed by atoms with van der Waals surface area (Å²) in [6.45, 7) is -0.404. The summed E-state index contributed by atoms with van der Waals surface area (Å²) < 4.78 is 59.5. The number of benzene rings is 2. The normalized spacial score (nSPS) is 11.5. The van der Waals surface area contributed by atoms with Gasteiger partial charge in [-0.2, -0.15) is 17.9 Å². The molecule has 0 fully saturated rings. The lowest BCUT2D eigenvalue weighted by atomic mass is 10.0. The van der Waals surface area contributed by atoms with Crippen molar-refractivity contribution < 1.29 is 41.7 Å². The number of amidine groups is 1. The SMILES string of the molecule is COc1cc(OCC(=O)N(C)C)c(F)c(C(Nc2ccc(C(=N)N)cc2)c2nn(-c3cnccn3)c(=O)[nH]2)c1.O=C(O)C(F)(F)F. The second kappa shape index (κ2) is 14.6. The summed E-state index contributed by atoms with van der Waals surface area (Å²) in [6.07, 6.45) is -0.872. The average Bonchev–Trinajstić information content (AvgIpc) is 3.40. The van der Waals surface area contributed by atoms with Gasteiger partial charge in [-0.25, -0.2) is 19.0 Å². The quantitative estimate of drug-likeness (QED) is 0.0953.